The van der Waals surface area contributed by atoms with Crippen molar-refractivity contribution in [1.29, 1.82) is 0 Å². The van der Waals surface area contributed by atoms with E-state index in [2.05, 4.69) is 0 Å². The highest BCUT2D eigenvalue weighted by atomic mass is 19.1. The van der Waals surface area contributed by atoms with Crippen LogP contribution in [0.25, 0.3) is 0 Å². The van der Waals surface area contributed by atoms with E-state index in [9.17, 15) is 23.2 Å². The highest BCUT2D eigenvalue weighted by Gasteiger charge is 2.31. The molecule has 0 saturated carbocycles. The van der Waals surface area contributed by atoms with E-state index >= 15 is 0 Å². The van der Waals surface area contributed by atoms with E-state index in [-0.39, 0.29) is 49.0 Å². The first kappa shape index (κ1) is 23.3. The Morgan fingerprint density at radius 1 is 0.912 bits per heavy atom. The predicted octanol–water partition coefficient (Wildman–Crippen LogP) is 5.41. The molecule has 3 aromatic carbocycles. The molecule has 4 rings (SSSR count). The minimum atomic E-state index is -0.399. The van der Waals surface area contributed by atoms with E-state index in [4.69, 9.17) is 0 Å². The number of anilines is 1. The second-order valence-electron chi connectivity index (χ2n) is 8.21. The van der Waals surface area contributed by atoms with Gasteiger partial charge < -0.3 is 4.90 Å². The summed E-state index contributed by atoms with van der Waals surface area (Å²) in [6.45, 7) is 2.07. The molecule has 0 bridgehead atoms. The van der Waals surface area contributed by atoms with Crippen molar-refractivity contribution in [1.82, 2.24) is 4.90 Å². The van der Waals surface area contributed by atoms with Gasteiger partial charge in [0, 0.05) is 24.9 Å². The summed E-state index contributed by atoms with van der Waals surface area (Å²) in [5.41, 5.74) is 2.17. The van der Waals surface area contributed by atoms with Crippen LogP contribution in [0.15, 0.2) is 72.8 Å². The van der Waals surface area contributed by atoms with Gasteiger partial charge in [0.05, 0.1) is 11.7 Å². The first-order valence-corrected chi connectivity index (χ1v) is 11.1. The van der Waals surface area contributed by atoms with Gasteiger partial charge in [-0.05, 0) is 66.1 Å². The number of nitrogens with zero attached hydrogens (tertiary/aromatic N) is 2. The molecule has 7 heteroatoms. The third kappa shape index (κ3) is 4.88. The predicted molar refractivity (Wildman–Crippen MR) is 124 cm³/mol. The minimum absolute atomic E-state index is 0.150. The third-order valence-electron chi connectivity index (χ3n) is 5.94. The zero-order valence-electron chi connectivity index (χ0n) is 18.7. The molecule has 3 amide bonds. The largest absolute Gasteiger partial charge is 0.327 e. The number of benzene rings is 3. The Labute approximate surface area is 196 Å². The van der Waals surface area contributed by atoms with E-state index in [1.54, 1.807) is 53.4 Å². The van der Waals surface area contributed by atoms with Gasteiger partial charge in [0.25, 0.3) is 5.91 Å². The third-order valence-corrected chi connectivity index (χ3v) is 5.94. The summed E-state index contributed by atoms with van der Waals surface area (Å²) >= 11 is 0. The fourth-order valence-corrected chi connectivity index (χ4v) is 4.26. The zero-order chi connectivity index (χ0) is 24.2. The summed E-state index contributed by atoms with van der Waals surface area (Å²) in [4.78, 5) is 40.5. The van der Waals surface area contributed by atoms with Crippen LogP contribution < -0.4 is 4.90 Å². The molecular formula is C27H24F2N2O3. The van der Waals surface area contributed by atoms with Crippen molar-refractivity contribution in [3.8, 4) is 0 Å². The molecule has 1 aliphatic rings. The maximum Gasteiger partial charge on any atom is 0.254 e. The van der Waals surface area contributed by atoms with Crippen molar-refractivity contribution in [2.75, 3.05) is 4.90 Å². The van der Waals surface area contributed by atoms with Crippen molar-refractivity contribution >= 4 is 23.4 Å². The molecule has 1 aliphatic heterocycles. The Morgan fingerprint density at radius 2 is 1.56 bits per heavy atom. The van der Waals surface area contributed by atoms with Crippen molar-refractivity contribution in [2.24, 2.45) is 0 Å². The average Bonchev–Trinajstić information content (AvgIpc) is 3.17. The number of amides is 3. The van der Waals surface area contributed by atoms with E-state index in [0.29, 0.717) is 23.2 Å². The number of imide groups is 1. The van der Waals surface area contributed by atoms with E-state index in [1.807, 2.05) is 6.92 Å². The molecule has 0 radical (unpaired) electrons. The fourth-order valence-electron chi connectivity index (χ4n) is 4.26. The van der Waals surface area contributed by atoms with E-state index in [1.165, 1.54) is 24.3 Å². The summed E-state index contributed by atoms with van der Waals surface area (Å²) in [5.74, 6) is -1.60. The normalized spacial score (nSPS) is 14.4. The fraction of sp³-hybridized carbons (Fsp3) is 0.222. The van der Waals surface area contributed by atoms with Gasteiger partial charge in [-0.3, -0.25) is 19.3 Å². The monoisotopic (exact) mass is 462 g/mol. The molecule has 1 saturated heterocycles. The molecule has 5 nitrogen and oxygen atoms in total. The molecule has 1 fully saturated rings. The first-order valence-electron chi connectivity index (χ1n) is 11.1. The Kier molecular flexibility index (Phi) is 6.82. The van der Waals surface area contributed by atoms with Gasteiger partial charge in [-0.25, -0.2) is 8.78 Å². The Morgan fingerprint density at radius 3 is 2.15 bits per heavy atom. The quantitative estimate of drug-likeness (QED) is 0.441. The summed E-state index contributed by atoms with van der Waals surface area (Å²) in [5, 5.41) is 0. The van der Waals surface area contributed by atoms with Crippen LogP contribution in [0, 0.1) is 11.6 Å². The number of rotatable bonds is 7. The van der Waals surface area contributed by atoms with Gasteiger partial charge in [-0.15, -0.1) is 0 Å². The number of hydrogen-bond donors (Lipinski definition) is 0. The Bertz CT molecular complexity index is 1190. The van der Waals surface area contributed by atoms with Crippen molar-refractivity contribution in [3.63, 3.8) is 0 Å². The maximum atomic E-state index is 13.8. The lowest BCUT2D eigenvalue weighted by Gasteiger charge is -2.32. The zero-order valence-corrected chi connectivity index (χ0v) is 18.7. The van der Waals surface area contributed by atoms with Gasteiger partial charge in [-0.2, -0.15) is 0 Å². The molecule has 0 unspecified atom stereocenters. The lowest BCUT2D eigenvalue weighted by Crippen LogP contribution is -2.34. The molecule has 1 atom stereocenters. The van der Waals surface area contributed by atoms with Gasteiger partial charge in [0.2, 0.25) is 11.8 Å². The molecule has 3 aromatic rings. The first-order chi connectivity index (χ1) is 16.4. The highest BCUT2D eigenvalue weighted by Crippen LogP contribution is 2.29. The number of halogens is 2. The number of hydrogen-bond acceptors (Lipinski definition) is 3. The highest BCUT2D eigenvalue weighted by molar-refractivity contribution is 6.19. The van der Waals surface area contributed by atoms with Crippen LogP contribution in [-0.4, -0.2) is 22.6 Å². The lowest BCUT2D eigenvalue weighted by molar-refractivity contribution is -0.121. The molecule has 0 aliphatic carbocycles. The summed E-state index contributed by atoms with van der Waals surface area (Å²) in [7, 11) is 0. The average molecular weight is 462 g/mol. The SMILES string of the molecule is CC[C@@H](c1ccc(F)cc1)N(Cc1cccc(F)c1)C(=O)c1ccc(N2C(=O)CCC2=O)cc1. The van der Waals surface area contributed by atoms with E-state index < -0.39 is 5.82 Å². The smallest absolute Gasteiger partial charge is 0.254 e. The van der Waals surface area contributed by atoms with Crippen LogP contribution in [0.3, 0.4) is 0 Å². The van der Waals surface area contributed by atoms with Gasteiger partial charge >= 0.3 is 0 Å². The number of carbonyl (C=O) groups excluding carboxylic acids is 3. The second kappa shape index (κ2) is 9.95. The van der Waals surface area contributed by atoms with Crippen LogP contribution in [0.1, 0.15) is 53.7 Å². The molecule has 34 heavy (non-hydrogen) atoms. The second-order valence-corrected chi connectivity index (χ2v) is 8.21. The minimum Gasteiger partial charge on any atom is -0.327 e. The van der Waals surface area contributed by atoms with Crippen LogP contribution in [0.4, 0.5) is 14.5 Å². The molecule has 174 valence electrons. The maximum absolute atomic E-state index is 13.8. The Balaban J connectivity index is 1.67. The van der Waals surface area contributed by atoms with Crippen LogP contribution in [0.2, 0.25) is 0 Å². The molecule has 1 heterocycles. The number of carbonyl (C=O) groups is 3. The molecule has 0 aromatic heterocycles. The van der Waals surface area contributed by atoms with Crippen molar-refractivity contribution in [2.45, 2.75) is 38.8 Å². The lowest BCUT2D eigenvalue weighted by atomic mass is 10.00. The van der Waals surface area contributed by atoms with Crippen molar-refractivity contribution in [3.05, 3.63) is 101 Å². The summed E-state index contributed by atoms with van der Waals surface area (Å²) in [6, 6.07) is 18.0. The van der Waals surface area contributed by atoms with Crippen LogP contribution in [0.5, 0.6) is 0 Å². The molecule has 0 N–H and O–H groups in total. The topological polar surface area (TPSA) is 57.7 Å². The van der Waals surface area contributed by atoms with Gasteiger partial charge in [0.15, 0.2) is 0 Å². The molecule has 0 spiro atoms. The standard InChI is InChI=1S/C27H24F2N2O3/c1-2-24(19-6-10-21(28)11-7-19)30(17-18-4-3-5-22(29)16-18)27(34)20-8-12-23(13-9-20)31-25(32)14-15-26(31)33/h3-13,16,24H,2,14-15,17H2,1H3/t24-/m0/s1. The molecular weight excluding hydrogens is 438 g/mol. The summed E-state index contributed by atoms with van der Waals surface area (Å²) in [6.07, 6.45) is 0.912. The van der Waals surface area contributed by atoms with Crippen molar-refractivity contribution < 1.29 is 23.2 Å². The Hall–Kier alpha value is -3.87. The van der Waals surface area contributed by atoms with Crippen LogP contribution >= 0.6 is 0 Å². The summed E-state index contributed by atoms with van der Waals surface area (Å²) < 4.78 is 27.4. The van der Waals surface area contributed by atoms with Gasteiger partial charge in [-0.1, -0.05) is 31.2 Å². The van der Waals surface area contributed by atoms with E-state index in [0.717, 1.165) is 10.5 Å². The van der Waals surface area contributed by atoms with Gasteiger partial charge in [0.1, 0.15) is 11.6 Å². The van der Waals surface area contributed by atoms with Crippen LogP contribution in [-0.2, 0) is 16.1 Å².